The van der Waals surface area contributed by atoms with Gasteiger partial charge in [-0.05, 0) is 41.3 Å². The second-order valence-corrected chi connectivity index (χ2v) is 5.73. The van der Waals surface area contributed by atoms with Gasteiger partial charge in [0.15, 0.2) is 5.78 Å². The van der Waals surface area contributed by atoms with Gasteiger partial charge >= 0.3 is 0 Å². The van der Waals surface area contributed by atoms with E-state index in [9.17, 15) is 4.79 Å². The second kappa shape index (κ2) is 4.95. The third-order valence-corrected chi connectivity index (χ3v) is 4.34. The van der Waals surface area contributed by atoms with Gasteiger partial charge in [-0.2, -0.15) is 5.10 Å². The molecule has 1 aliphatic rings. The highest BCUT2D eigenvalue weighted by atomic mass is 16.1. The predicted molar refractivity (Wildman–Crippen MR) is 87.8 cm³/mol. The van der Waals surface area contributed by atoms with Crippen LogP contribution in [0.3, 0.4) is 0 Å². The molecule has 3 heteroatoms. The number of fused-ring (bicyclic) bond motifs is 2. The molecule has 2 aromatic carbocycles. The highest BCUT2D eigenvalue weighted by molar-refractivity contribution is 6.13. The topological polar surface area (TPSA) is 34.9 Å². The lowest BCUT2D eigenvalue weighted by molar-refractivity contribution is 0.102. The fourth-order valence-electron chi connectivity index (χ4n) is 3.13. The highest BCUT2D eigenvalue weighted by Crippen LogP contribution is 2.27. The van der Waals surface area contributed by atoms with E-state index in [1.807, 2.05) is 25.3 Å². The monoisotopic (exact) mass is 288 g/mol. The minimum absolute atomic E-state index is 0.113. The standard InChI is InChI=1S/C19H16N2O/c1-21-18-9-8-16(19(22)17(18)12-20-21)11-13-6-7-14-4-2-3-5-15(14)10-13/h2-7,10-12H,8-9H2,1H3. The van der Waals surface area contributed by atoms with Crippen molar-refractivity contribution in [3.8, 4) is 0 Å². The molecule has 4 rings (SSSR count). The van der Waals surface area contributed by atoms with Crippen LogP contribution in [0.4, 0.5) is 0 Å². The number of aryl methyl sites for hydroxylation is 1. The highest BCUT2D eigenvalue weighted by Gasteiger charge is 2.24. The zero-order valence-electron chi connectivity index (χ0n) is 12.4. The number of hydrogen-bond acceptors (Lipinski definition) is 2. The molecule has 0 fully saturated rings. The Bertz CT molecular complexity index is 918. The molecule has 3 aromatic rings. The first kappa shape index (κ1) is 13.0. The summed E-state index contributed by atoms with van der Waals surface area (Å²) in [6.45, 7) is 0. The SMILES string of the molecule is Cn1ncc2c1CCC(=Cc1ccc3ccccc3c1)C2=O. The molecule has 1 aliphatic carbocycles. The molecule has 22 heavy (non-hydrogen) atoms. The Morgan fingerprint density at radius 2 is 1.91 bits per heavy atom. The van der Waals surface area contributed by atoms with E-state index in [-0.39, 0.29) is 5.78 Å². The van der Waals surface area contributed by atoms with Crippen molar-refractivity contribution in [2.24, 2.45) is 7.05 Å². The van der Waals surface area contributed by atoms with Gasteiger partial charge in [-0.25, -0.2) is 0 Å². The number of aromatic nitrogens is 2. The van der Waals surface area contributed by atoms with E-state index in [1.54, 1.807) is 10.9 Å². The number of Topliss-reactive ketones (excluding diaryl/α,β-unsaturated/α-hetero) is 1. The number of carbonyl (C=O) groups excluding carboxylic acids is 1. The summed E-state index contributed by atoms with van der Waals surface area (Å²) in [7, 11) is 1.89. The lowest BCUT2D eigenvalue weighted by atomic mass is 9.90. The van der Waals surface area contributed by atoms with E-state index in [0.29, 0.717) is 0 Å². The van der Waals surface area contributed by atoms with Gasteiger partial charge in [0.05, 0.1) is 11.8 Å². The summed E-state index contributed by atoms with van der Waals surface area (Å²) in [6.07, 6.45) is 5.35. The molecule has 0 bridgehead atoms. The molecule has 3 nitrogen and oxygen atoms in total. The lowest BCUT2D eigenvalue weighted by Gasteiger charge is -2.14. The van der Waals surface area contributed by atoms with Crippen LogP contribution >= 0.6 is 0 Å². The Hall–Kier alpha value is -2.68. The van der Waals surface area contributed by atoms with Crippen LogP contribution < -0.4 is 0 Å². The van der Waals surface area contributed by atoms with Gasteiger partial charge in [0, 0.05) is 18.3 Å². The summed E-state index contributed by atoms with van der Waals surface area (Å²) >= 11 is 0. The molecule has 0 saturated carbocycles. The normalized spacial score (nSPS) is 16.2. The number of ketones is 1. The van der Waals surface area contributed by atoms with Crippen molar-refractivity contribution < 1.29 is 4.79 Å². The van der Waals surface area contributed by atoms with Gasteiger partial charge in [-0.1, -0.05) is 36.4 Å². The van der Waals surface area contributed by atoms with Crippen molar-refractivity contribution in [1.82, 2.24) is 9.78 Å². The Labute approximate surface area is 128 Å². The van der Waals surface area contributed by atoms with E-state index >= 15 is 0 Å². The van der Waals surface area contributed by atoms with Gasteiger partial charge in [0.25, 0.3) is 0 Å². The first-order chi connectivity index (χ1) is 10.7. The maximum Gasteiger partial charge on any atom is 0.192 e. The molecule has 0 atom stereocenters. The van der Waals surface area contributed by atoms with Crippen molar-refractivity contribution >= 4 is 22.6 Å². The van der Waals surface area contributed by atoms with E-state index < -0.39 is 0 Å². The van der Waals surface area contributed by atoms with Gasteiger partial charge in [-0.15, -0.1) is 0 Å². The van der Waals surface area contributed by atoms with Crippen LogP contribution in [-0.4, -0.2) is 15.6 Å². The van der Waals surface area contributed by atoms with Gasteiger partial charge < -0.3 is 0 Å². The lowest BCUT2D eigenvalue weighted by Crippen LogP contribution is -2.14. The number of carbonyl (C=O) groups is 1. The molecule has 0 radical (unpaired) electrons. The fourth-order valence-corrected chi connectivity index (χ4v) is 3.13. The molecule has 1 aromatic heterocycles. The van der Waals surface area contributed by atoms with E-state index in [4.69, 9.17) is 0 Å². The average molecular weight is 288 g/mol. The first-order valence-electron chi connectivity index (χ1n) is 7.47. The number of hydrogen-bond donors (Lipinski definition) is 0. The van der Waals surface area contributed by atoms with Crippen molar-refractivity contribution in [2.75, 3.05) is 0 Å². The number of nitrogens with zero attached hydrogens (tertiary/aromatic N) is 2. The number of benzene rings is 2. The van der Waals surface area contributed by atoms with Crippen molar-refractivity contribution in [3.05, 3.63) is 71.1 Å². The molecule has 108 valence electrons. The molecular weight excluding hydrogens is 272 g/mol. The number of allylic oxidation sites excluding steroid dienone is 1. The molecule has 0 amide bonds. The van der Waals surface area contributed by atoms with Gasteiger partial charge in [-0.3, -0.25) is 9.48 Å². The van der Waals surface area contributed by atoms with E-state index in [1.165, 1.54) is 10.8 Å². The van der Waals surface area contributed by atoms with Crippen LogP contribution in [-0.2, 0) is 13.5 Å². The average Bonchev–Trinajstić information content (AvgIpc) is 2.92. The van der Waals surface area contributed by atoms with Gasteiger partial charge in [0.2, 0.25) is 0 Å². The third kappa shape index (κ3) is 2.06. The largest absolute Gasteiger partial charge is 0.289 e. The molecule has 0 aliphatic heterocycles. The van der Waals surface area contributed by atoms with Crippen LogP contribution in [0.2, 0.25) is 0 Å². The van der Waals surface area contributed by atoms with Crippen LogP contribution in [0.1, 0.15) is 28.0 Å². The fraction of sp³-hybridized carbons (Fsp3) is 0.158. The molecule has 0 saturated heterocycles. The molecular formula is C19H16N2O. The summed E-state index contributed by atoms with van der Waals surface area (Å²) in [5.41, 5.74) is 3.74. The summed E-state index contributed by atoms with van der Waals surface area (Å²) in [5.74, 6) is 0.113. The summed E-state index contributed by atoms with van der Waals surface area (Å²) in [5, 5.41) is 6.61. The molecule has 0 unspecified atom stereocenters. The van der Waals surface area contributed by atoms with Crippen molar-refractivity contribution in [2.45, 2.75) is 12.8 Å². The zero-order chi connectivity index (χ0) is 15.1. The van der Waals surface area contributed by atoms with Crippen LogP contribution in [0, 0.1) is 0 Å². The van der Waals surface area contributed by atoms with Crippen molar-refractivity contribution in [1.29, 1.82) is 0 Å². The molecule has 1 heterocycles. The first-order valence-corrected chi connectivity index (χ1v) is 7.47. The minimum Gasteiger partial charge on any atom is -0.289 e. The smallest absolute Gasteiger partial charge is 0.192 e. The minimum atomic E-state index is 0.113. The zero-order valence-corrected chi connectivity index (χ0v) is 12.4. The quantitative estimate of drug-likeness (QED) is 0.639. The van der Waals surface area contributed by atoms with Crippen molar-refractivity contribution in [3.63, 3.8) is 0 Å². The predicted octanol–water partition coefficient (Wildman–Crippen LogP) is 3.79. The third-order valence-electron chi connectivity index (χ3n) is 4.34. The van der Waals surface area contributed by atoms with Crippen LogP contribution in [0.25, 0.3) is 16.8 Å². The van der Waals surface area contributed by atoms with Gasteiger partial charge in [0.1, 0.15) is 0 Å². The summed E-state index contributed by atoms with van der Waals surface area (Å²) in [6, 6.07) is 14.6. The Kier molecular flexibility index (Phi) is 2.93. The summed E-state index contributed by atoms with van der Waals surface area (Å²) < 4.78 is 1.81. The number of rotatable bonds is 1. The molecule has 0 N–H and O–H groups in total. The Morgan fingerprint density at radius 3 is 2.77 bits per heavy atom. The second-order valence-electron chi connectivity index (χ2n) is 5.73. The maximum atomic E-state index is 12.6. The van der Waals surface area contributed by atoms with E-state index in [0.717, 1.165) is 35.2 Å². The maximum absolute atomic E-state index is 12.6. The van der Waals surface area contributed by atoms with Crippen LogP contribution in [0.15, 0.2) is 54.2 Å². The Balaban J connectivity index is 1.74. The van der Waals surface area contributed by atoms with Crippen LogP contribution in [0.5, 0.6) is 0 Å². The molecule has 0 spiro atoms. The summed E-state index contributed by atoms with van der Waals surface area (Å²) in [4.78, 5) is 12.6. The Morgan fingerprint density at radius 1 is 1.09 bits per heavy atom. The van der Waals surface area contributed by atoms with E-state index in [2.05, 4.69) is 35.4 Å².